The van der Waals surface area contributed by atoms with Gasteiger partial charge in [-0.15, -0.1) is 0 Å². The molecule has 1 fully saturated rings. The highest BCUT2D eigenvalue weighted by Gasteiger charge is 2.19. The quantitative estimate of drug-likeness (QED) is 0.824. The lowest BCUT2D eigenvalue weighted by molar-refractivity contribution is -0.123. The van der Waals surface area contributed by atoms with Crippen LogP contribution in [-0.2, 0) is 11.3 Å². The summed E-state index contributed by atoms with van der Waals surface area (Å²) < 4.78 is 5.55. The molecule has 1 aliphatic heterocycles. The number of benzene rings is 1. The van der Waals surface area contributed by atoms with Gasteiger partial charge in [0, 0.05) is 24.7 Å². The van der Waals surface area contributed by atoms with Crippen molar-refractivity contribution in [1.29, 1.82) is 0 Å². The fourth-order valence-corrected chi connectivity index (χ4v) is 2.64. The number of hydrogen-bond acceptors (Lipinski definition) is 4. The molecule has 3 N–H and O–H groups in total. The Labute approximate surface area is 126 Å². The molecule has 0 bridgehead atoms. The van der Waals surface area contributed by atoms with Crippen LogP contribution in [0, 0.1) is 0 Å². The highest BCUT2D eigenvalue weighted by atomic mass is 16.5. The maximum absolute atomic E-state index is 11.9. The summed E-state index contributed by atoms with van der Waals surface area (Å²) in [6, 6.07) is 7.98. The van der Waals surface area contributed by atoms with Crippen LogP contribution < -0.4 is 15.8 Å². The molecule has 1 aromatic rings. The zero-order chi connectivity index (χ0) is 15.1. The lowest BCUT2D eigenvalue weighted by atomic mass is 10.0. The van der Waals surface area contributed by atoms with Crippen LogP contribution in [0.15, 0.2) is 24.3 Å². The third-order valence-electron chi connectivity index (χ3n) is 4.01. The summed E-state index contributed by atoms with van der Waals surface area (Å²) in [7, 11) is 2.12. The summed E-state index contributed by atoms with van der Waals surface area (Å²) >= 11 is 0. The van der Waals surface area contributed by atoms with E-state index in [1.807, 2.05) is 24.3 Å². The van der Waals surface area contributed by atoms with E-state index in [1.54, 1.807) is 0 Å². The molecular formula is C16H25N3O2. The highest BCUT2D eigenvalue weighted by Crippen LogP contribution is 2.17. The maximum Gasteiger partial charge on any atom is 0.257 e. The molecule has 1 aliphatic rings. The summed E-state index contributed by atoms with van der Waals surface area (Å²) in [6.07, 6.45) is 3.64. The molecule has 0 saturated carbocycles. The van der Waals surface area contributed by atoms with Crippen LogP contribution in [0.5, 0.6) is 5.75 Å². The number of nitrogens with zero attached hydrogens (tertiary/aromatic N) is 1. The fraction of sp³-hybridized carbons (Fsp3) is 0.562. The number of carbonyl (C=O) groups is 1. The average Bonchev–Trinajstić information content (AvgIpc) is 2.52. The van der Waals surface area contributed by atoms with Crippen molar-refractivity contribution < 1.29 is 9.53 Å². The minimum absolute atomic E-state index is 0.0352. The largest absolute Gasteiger partial charge is 0.483 e. The number of rotatable bonds is 6. The Morgan fingerprint density at radius 3 is 3.00 bits per heavy atom. The van der Waals surface area contributed by atoms with Gasteiger partial charge in [-0.1, -0.05) is 24.6 Å². The minimum atomic E-state index is -0.0826. The monoisotopic (exact) mass is 291 g/mol. The number of hydrogen-bond donors (Lipinski definition) is 2. The molecule has 21 heavy (non-hydrogen) atoms. The van der Waals surface area contributed by atoms with Crippen molar-refractivity contribution in [3.8, 4) is 5.75 Å². The van der Waals surface area contributed by atoms with E-state index in [2.05, 4.69) is 17.3 Å². The van der Waals surface area contributed by atoms with Crippen molar-refractivity contribution in [3.63, 3.8) is 0 Å². The van der Waals surface area contributed by atoms with E-state index in [9.17, 15) is 4.79 Å². The molecule has 0 radical (unpaired) electrons. The molecular weight excluding hydrogens is 266 g/mol. The van der Waals surface area contributed by atoms with Crippen molar-refractivity contribution in [2.24, 2.45) is 5.73 Å². The number of para-hydroxylation sites is 1. The predicted octanol–water partition coefficient (Wildman–Crippen LogP) is 1.12. The Morgan fingerprint density at radius 2 is 2.24 bits per heavy atom. The fourth-order valence-electron chi connectivity index (χ4n) is 2.64. The number of amides is 1. The first-order chi connectivity index (χ1) is 10.2. The van der Waals surface area contributed by atoms with Crippen LogP contribution in [0.1, 0.15) is 24.8 Å². The first kappa shape index (κ1) is 15.8. The lowest BCUT2D eigenvalue weighted by Gasteiger charge is -2.32. The van der Waals surface area contributed by atoms with E-state index in [4.69, 9.17) is 10.5 Å². The Morgan fingerprint density at radius 1 is 1.43 bits per heavy atom. The smallest absolute Gasteiger partial charge is 0.257 e. The molecule has 5 nitrogen and oxygen atoms in total. The summed E-state index contributed by atoms with van der Waals surface area (Å²) in [5, 5.41) is 2.95. The number of nitrogens with two attached hydrogens (primary N) is 1. The lowest BCUT2D eigenvalue weighted by Crippen LogP contribution is -2.45. The molecule has 1 heterocycles. The standard InChI is InChI=1S/C16H25N3O2/c1-19-9-5-4-7-14(19)11-18-16(20)12-21-15-8-3-2-6-13(15)10-17/h2-3,6,8,14H,4-5,7,9-12,17H2,1H3,(H,18,20). The number of nitrogens with one attached hydrogen (secondary N) is 1. The van der Waals surface area contributed by atoms with Gasteiger partial charge in [0.25, 0.3) is 5.91 Å². The van der Waals surface area contributed by atoms with Crippen LogP contribution >= 0.6 is 0 Å². The summed E-state index contributed by atoms with van der Waals surface area (Å²) in [6.45, 7) is 2.25. The van der Waals surface area contributed by atoms with Crippen LogP contribution in [0.2, 0.25) is 0 Å². The van der Waals surface area contributed by atoms with Gasteiger partial charge >= 0.3 is 0 Å². The molecule has 1 unspecified atom stereocenters. The number of likely N-dealkylation sites (N-methyl/N-ethyl adjacent to an activating group) is 1. The van der Waals surface area contributed by atoms with Gasteiger partial charge < -0.3 is 20.7 Å². The Hall–Kier alpha value is -1.59. The second kappa shape index (κ2) is 8.00. The van der Waals surface area contributed by atoms with Gasteiger partial charge in [-0.2, -0.15) is 0 Å². The summed E-state index contributed by atoms with van der Waals surface area (Å²) in [5.41, 5.74) is 6.56. The molecule has 2 rings (SSSR count). The topological polar surface area (TPSA) is 67.6 Å². The Balaban J connectivity index is 1.74. The second-order valence-corrected chi connectivity index (χ2v) is 5.53. The molecule has 0 aromatic heterocycles. The zero-order valence-corrected chi connectivity index (χ0v) is 12.7. The van der Waals surface area contributed by atoms with Crippen LogP contribution in [0.3, 0.4) is 0 Å². The van der Waals surface area contributed by atoms with Crippen molar-refractivity contribution in [2.75, 3.05) is 26.7 Å². The van der Waals surface area contributed by atoms with Gasteiger partial charge in [-0.3, -0.25) is 4.79 Å². The van der Waals surface area contributed by atoms with E-state index in [0.29, 0.717) is 24.9 Å². The minimum Gasteiger partial charge on any atom is -0.483 e. The van der Waals surface area contributed by atoms with Gasteiger partial charge in [0.2, 0.25) is 0 Å². The first-order valence-corrected chi connectivity index (χ1v) is 7.58. The van der Waals surface area contributed by atoms with Gasteiger partial charge in [-0.25, -0.2) is 0 Å². The molecule has 1 saturated heterocycles. The SMILES string of the molecule is CN1CCCCC1CNC(=O)COc1ccccc1CN. The van der Waals surface area contributed by atoms with Gasteiger partial charge in [0.15, 0.2) is 6.61 Å². The van der Waals surface area contributed by atoms with Crippen molar-refractivity contribution >= 4 is 5.91 Å². The van der Waals surface area contributed by atoms with E-state index in [-0.39, 0.29) is 12.5 Å². The molecule has 0 spiro atoms. The summed E-state index contributed by atoms with van der Waals surface area (Å²) in [5.74, 6) is 0.603. The zero-order valence-electron chi connectivity index (χ0n) is 12.7. The molecule has 1 aromatic carbocycles. The van der Waals surface area contributed by atoms with E-state index >= 15 is 0 Å². The van der Waals surface area contributed by atoms with Gasteiger partial charge in [0.1, 0.15) is 5.75 Å². The third-order valence-corrected chi connectivity index (χ3v) is 4.01. The van der Waals surface area contributed by atoms with Crippen molar-refractivity contribution in [2.45, 2.75) is 31.8 Å². The number of ether oxygens (including phenoxy) is 1. The number of likely N-dealkylation sites (tertiary alicyclic amines) is 1. The summed E-state index contributed by atoms with van der Waals surface area (Å²) in [4.78, 5) is 14.2. The first-order valence-electron chi connectivity index (χ1n) is 7.58. The molecule has 1 amide bonds. The second-order valence-electron chi connectivity index (χ2n) is 5.53. The number of carbonyl (C=O) groups excluding carboxylic acids is 1. The average molecular weight is 291 g/mol. The van der Waals surface area contributed by atoms with Crippen molar-refractivity contribution in [3.05, 3.63) is 29.8 Å². The van der Waals surface area contributed by atoms with Crippen molar-refractivity contribution in [1.82, 2.24) is 10.2 Å². The molecule has 1 atom stereocenters. The van der Waals surface area contributed by atoms with Gasteiger partial charge in [0.05, 0.1) is 0 Å². The maximum atomic E-state index is 11.9. The molecule has 116 valence electrons. The van der Waals surface area contributed by atoms with E-state index < -0.39 is 0 Å². The van der Waals surface area contributed by atoms with E-state index in [1.165, 1.54) is 12.8 Å². The molecule has 5 heteroatoms. The van der Waals surface area contributed by atoms with Gasteiger partial charge in [-0.05, 0) is 32.5 Å². The van der Waals surface area contributed by atoms with Crippen LogP contribution in [-0.4, -0.2) is 43.6 Å². The Bertz CT molecular complexity index is 465. The highest BCUT2D eigenvalue weighted by molar-refractivity contribution is 5.77. The Kier molecular flexibility index (Phi) is 6.02. The van der Waals surface area contributed by atoms with Crippen LogP contribution in [0.4, 0.5) is 0 Å². The number of piperidine rings is 1. The normalized spacial score (nSPS) is 19.2. The molecule has 0 aliphatic carbocycles. The van der Waals surface area contributed by atoms with Crippen LogP contribution in [0.25, 0.3) is 0 Å². The third kappa shape index (κ3) is 4.72. The van der Waals surface area contributed by atoms with E-state index in [0.717, 1.165) is 18.5 Å². The predicted molar refractivity (Wildman–Crippen MR) is 83.1 cm³/mol.